The summed E-state index contributed by atoms with van der Waals surface area (Å²) in [4.78, 5) is 16.9. The van der Waals surface area contributed by atoms with E-state index in [2.05, 4.69) is 10.3 Å². The number of aliphatic hydroxyl groups excluding tert-OH is 1. The molecule has 2 N–H and O–H groups in total. The molecule has 24 heavy (non-hydrogen) atoms. The van der Waals surface area contributed by atoms with Crippen LogP contribution in [-0.2, 0) is 4.79 Å². The van der Waals surface area contributed by atoms with Crippen LogP contribution in [0.25, 0.3) is 0 Å². The van der Waals surface area contributed by atoms with Crippen LogP contribution in [0, 0.1) is 0 Å². The fourth-order valence-electron chi connectivity index (χ4n) is 2.77. The third kappa shape index (κ3) is 3.48. The highest BCUT2D eigenvalue weighted by Gasteiger charge is 2.30. The predicted octanol–water partition coefficient (Wildman–Crippen LogP) is 3.10. The van der Waals surface area contributed by atoms with Gasteiger partial charge in [-0.25, -0.2) is 4.98 Å². The molecule has 0 radical (unpaired) electrons. The summed E-state index contributed by atoms with van der Waals surface area (Å²) in [5.74, 6) is -0.0887. The first kappa shape index (κ1) is 17.0. The molecule has 1 aliphatic heterocycles. The lowest BCUT2D eigenvalue weighted by Gasteiger charge is -2.26. The van der Waals surface area contributed by atoms with Gasteiger partial charge in [-0.15, -0.1) is 0 Å². The molecule has 126 valence electrons. The number of fused-ring (bicyclic) bond motifs is 1. The van der Waals surface area contributed by atoms with Crippen LogP contribution in [-0.4, -0.2) is 29.2 Å². The van der Waals surface area contributed by atoms with Crippen molar-refractivity contribution >= 4 is 29.1 Å². The van der Waals surface area contributed by atoms with Crippen molar-refractivity contribution in [3.63, 3.8) is 0 Å². The summed E-state index contributed by atoms with van der Waals surface area (Å²) in [5.41, 5.74) is 1.37. The topological polar surface area (TPSA) is 71.5 Å². The first-order chi connectivity index (χ1) is 11.6. The maximum Gasteiger partial charge on any atom is 0.228 e. The van der Waals surface area contributed by atoms with Crippen molar-refractivity contribution in [3.05, 3.63) is 57.7 Å². The number of halogens is 2. The van der Waals surface area contributed by atoms with E-state index in [-0.39, 0.29) is 18.4 Å². The van der Waals surface area contributed by atoms with Crippen LogP contribution in [0.5, 0.6) is 5.88 Å². The number of aliphatic hydroxyl groups is 1. The van der Waals surface area contributed by atoms with Crippen LogP contribution in [0.4, 0.5) is 0 Å². The number of benzene rings is 1. The van der Waals surface area contributed by atoms with E-state index < -0.39 is 6.04 Å². The lowest BCUT2D eigenvalue weighted by molar-refractivity contribution is -0.124. The van der Waals surface area contributed by atoms with Crippen molar-refractivity contribution in [3.8, 4) is 5.88 Å². The van der Waals surface area contributed by atoms with Gasteiger partial charge in [0, 0.05) is 21.8 Å². The molecule has 1 amide bonds. The van der Waals surface area contributed by atoms with Gasteiger partial charge in [-0.3, -0.25) is 4.79 Å². The average molecular weight is 367 g/mol. The summed E-state index contributed by atoms with van der Waals surface area (Å²) in [5, 5.41) is 13.4. The van der Waals surface area contributed by atoms with Crippen molar-refractivity contribution in [2.45, 2.75) is 18.4 Å². The number of nitrogens with zero attached hydrogens (tertiary/aromatic N) is 1. The summed E-state index contributed by atoms with van der Waals surface area (Å²) in [7, 11) is 0. The molecule has 0 unspecified atom stereocenters. The third-order valence-corrected chi connectivity index (χ3v) is 4.54. The minimum atomic E-state index is -0.606. The van der Waals surface area contributed by atoms with Gasteiger partial charge in [-0.1, -0.05) is 35.3 Å². The molecule has 2 heterocycles. The number of hydrogen-bond acceptors (Lipinski definition) is 4. The first-order valence-corrected chi connectivity index (χ1v) is 8.29. The summed E-state index contributed by atoms with van der Waals surface area (Å²) in [6, 6.07) is 7.95. The first-order valence-electron chi connectivity index (χ1n) is 7.54. The average Bonchev–Trinajstić information content (AvgIpc) is 2.59. The Morgan fingerprint density at radius 2 is 2.25 bits per heavy atom. The maximum atomic E-state index is 12.7. The lowest BCUT2D eigenvalue weighted by Crippen LogP contribution is -2.36. The van der Waals surface area contributed by atoms with E-state index in [9.17, 15) is 9.90 Å². The molecule has 2 aromatic rings. The van der Waals surface area contributed by atoms with Crippen molar-refractivity contribution in [1.29, 1.82) is 0 Å². The Morgan fingerprint density at radius 3 is 3.00 bits per heavy atom. The fourth-order valence-corrected chi connectivity index (χ4v) is 3.31. The third-order valence-electron chi connectivity index (χ3n) is 3.97. The minimum Gasteiger partial charge on any atom is -0.477 e. The Bertz CT molecular complexity index is 754. The number of amides is 1. The number of rotatable bonds is 4. The smallest absolute Gasteiger partial charge is 0.228 e. The van der Waals surface area contributed by atoms with Gasteiger partial charge in [0.25, 0.3) is 0 Å². The number of carbonyl (C=O) groups excluding carboxylic acids is 1. The molecule has 1 aromatic heterocycles. The van der Waals surface area contributed by atoms with E-state index in [0.717, 1.165) is 5.56 Å². The molecule has 2 atom stereocenters. The summed E-state index contributed by atoms with van der Waals surface area (Å²) < 4.78 is 5.48. The quantitative estimate of drug-likeness (QED) is 0.871. The second-order valence-corrected chi connectivity index (χ2v) is 6.34. The maximum absolute atomic E-state index is 12.7. The van der Waals surface area contributed by atoms with Gasteiger partial charge in [0.1, 0.15) is 0 Å². The largest absolute Gasteiger partial charge is 0.477 e. The number of carbonyl (C=O) groups is 1. The second-order valence-electron chi connectivity index (χ2n) is 5.50. The molecule has 0 spiro atoms. The van der Waals surface area contributed by atoms with Crippen molar-refractivity contribution in [1.82, 2.24) is 10.3 Å². The molecule has 0 fully saturated rings. The van der Waals surface area contributed by atoms with Crippen LogP contribution in [0.3, 0.4) is 0 Å². The predicted molar refractivity (Wildman–Crippen MR) is 91.5 cm³/mol. The van der Waals surface area contributed by atoms with E-state index in [1.54, 1.807) is 30.5 Å². The van der Waals surface area contributed by atoms with Gasteiger partial charge in [0.2, 0.25) is 11.8 Å². The highest BCUT2D eigenvalue weighted by molar-refractivity contribution is 6.35. The SMILES string of the molecule is O=C(N[C@H](CO)c1ccc(Cl)cc1Cl)[C@H]1CCOc2ncccc21. The summed E-state index contributed by atoms with van der Waals surface area (Å²) >= 11 is 12.1. The molecule has 7 heteroatoms. The van der Waals surface area contributed by atoms with Crippen molar-refractivity contribution in [2.75, 3.05) is 13.2 Å². The molecule has 5 nitrogen and oxygen atoms in total. The van der Waals surface area contributed by atoms with Gasteiger partial charge in [0.05, 0.1) is 25.2 Å². The van der Waals surface area contributed by atoms with Gasteiger partial charge in [-0.2, -0.15) is 0 Å². The van der Waals surface area contributed by atoms with E-state index in [1.807, 2.05) is 6.07 Å². The Kier molecular flexibility index (Phi) is 5.23. The Morgan fingerprint density at radius 1 is 1.42 bits per heavy atom. The molecule has 0 bridgehead atoms. The molecule has 1 aliphatic rings. The lowest BCUT2D eigenvalue weighted by atomic mass is 9.93. The van der Waals surface area contributed by atoms with Crippen molar-refractivity contribution < 1.29 is 14.6 Å². The van der Waals surface area contributed by atoms with Gasteiger partial charge < -0.3 is 15.2 Å². The number of aromatic nitrogens is 1. The van der Waals surface area contributed by atoms with Crippen LogP contribution < -0.4 is 10.1 Å². The van der Waals surface area contributed by atoms with Gasteiger partial charge in [0.15, 0.2) is 0 Å². The van der Waals surface area contributed by atoms with Crippen LogP contribution in [0.1, 0.15) is 29.5 Å². The Hall–Kier alpha value is -1.82. The minimum absolute atomic E-state index is 0.197. The van der Waals surface area contributed by atoms with Crippen LogP contribution >= 0.6 is 23.2 Å². The highest BCUT2D eigenvalue weighted by Crippen LogP contribution is 2.33. The molecule has 0 aliphatic carbocycles. The molecule has 1 aromatic carbocycles. The normalized spacial score (nSPS) is 17.5. The number of ether oxygens (including phenoxy) is 1. The molecular formula is C17H16Cl2N2O3. The summed E-state index contributed by atoms with van der Waals surface area (Å²) in [6.45, 7) is 0.157. The number of nitrogens with one attached hydrogen (secondary N) is 1. The molecule has 3 rings (SSSR count). The number of pyridine rings is 1. The van der Waals surface area contributed by atoms with E-state index in [0.29, 0.717) is 34.5 Å². The molecular weight excluding hydrogens is 351 g/mol. The summed E-state index contributed by atoms with van der Waals surface area (Å²) in [6.07, 6.45) is 2.18. The standard InChI is InChI=1S/C17H16Cl2N2O3/c18-10-3-4-13(14(19)8-10)15(9-22)21-16(23)11-5-7-24-17-12(11)2-1-6-20-17/h1-4,6,8,11,15,22H,5,7,9H2,(H,21,23)/t11-,15+/m0/s1. The van der Waals surface area contributed by atoms with Gasteiger partial charge in [-0.05, 0) is 30.2 Å². The zero-order valence-electron chi connectivity index (χ0n) is 12.7. The zero-order valence-corrected chi connectivity index (χ0v) is 14.2. The van der Waals surface area contributed by atoms with E-state index in [1.165, 1.54) is 0 Å². The van der Waals surface area contributed by atoms with Crippen molar-refractivity contribution in [2.24, 2.45) is 0 Å². The Labute approximate surface area is 149 Å². The molecule has 0 saturated heterocycles. The zero-order chi connectivity index (χ0) is 17.1. The second kappa shape index (κ2) is 7.38. The molecule has 0 saturated carbocycles. The monoisotopic (exact) mass is 366 g/mol. The van der Waals surface area contributed by atoms with E-state index >= 15 is 0 Å². The van der Waals surface area contributed by atoms with Crippen LogP contribution in [0.2, 0.25) is 10.0 Å². The Balaban J connectivity index is 1.81. The van der Waals surface area contributed by atoms with Gasteiger partial charge >= 0.3 is 0 Å². The van der Waals surface area contributed by atoms with E-state index in [4.69, 9.17) is 27.9 Å². The fraction of sp³-hybridized carbons (Fsp3) is 0.294. The van der Waals surface area contributed by atoms with Crippen LogP contribution in [0.15, 0.2) is 36.5 Å². The number of hydrogen-bond donors (Lipinski definition) is 2. The highest BCUT2D eigenvalue weighted by atomic mass is 35.5.